The summed E-state index contributed by atoms with van der Waals surface area (Å²) in [5.41, 5.74) is -10.7. The molecule has 1 aromatic rings. The number of hydrogen-bond donors (Lipinski definition) is 3. The highest BCUT2D eigenvalue weighted by molar-refractivity contribution is 6.61. The van der Waals surface area contributed by atoms with Crippen LogP contribution in [0.3, 0.4) is 0 Å². The van der Waals surface area contributed by atoms with E-state index >= 15 is 70.2 Å². The van der Waals surface area contributed by atoms with Crippen LogP contribution in [-0.2, 0) is 68.6 Å². The molecule has 1 aromatic carbocycles. The van der Waals surface area contributed by atoms with E-state index in [9.17, 15) is 247 Å². The van der Waals surface area contributed by atoms with Crippen LogP contribution in [0.2, 0.25) is 0 Å². The van der Waals surface area contributed by atoms with Gasteiger partial charge in [0.2, 0.25) is 5.91 Å². The molecule has 764 valence electrons. The summed E-state index contributed by atoms with van der Waals surface area (Å²) in [6.07, 6.45) is -214. The third-order valence-corrected chi connectivity index (χ3v) is 13.5. The molecule has 0 aliphatic carbocycles. The van der Waals surface area contributed by atoms with Crippen molar-refractivity contribution in [2.45, 2.75) is 212 Å². The lowest BCUT2D eigenvalue weighted by Crippen LogP contribution is -2.73. The smallest absolute Gasteiger partial charge is 0.422 e. The Balaban J connectivity index is 5.02. The van der Waals surface area contributed by atoms with E-state index in [-0.39, 0.29) is 5.48 Å². The van der Waals surface area contributed by atoms with Crippen molar-refractivity contribution in [2.75, 3.05) is 6.54 Å². The maximum Gasteiger partial charge on any atom is 0.515 e. The lowest BCUT2D eigenvalue weighted by atomic mass is 9.70. The zero-order chi connectivity index (χ0) is 105. The molecule has 0 bridgehead atoms. The van der Waals surface area contributed by atoms with Gasteiger partial charge in [-0.1, -0.05) is 18.2 Å². The topological polar surface area (TPSA) is 177 Å². The number of carbonyl (C=O) groups is 1. The van der Waals surface area contributed by atoms with Crippen molar-refractivity contribution >= 4 is 18.5 Å². The first-order chi connectivity index (χ1) is 55.1. The van der Waals surface area contributed by atoms with Gasteiger partial charge in [-0.15, -0.1) is 0 Å². The molecule has 0 aromatic heterocycles. The number of ether oxygens (including phenoxy) is 10. The lowest BCUT2D eigenvalue weighted by molar-refractivity contribution is -0.601. The molecular weight excluding hydrogens is 2090 g/mol. The van der Waals surface area contributed by atoms with Crippen LogP contribution in [0, 0.1) is 0 Å². The number of alkyl halides is 70. The third kappa shape index (κ3) is 20.6. The van der Waals surface area contributed by atoms with Crippen LogP contribution in [0.5, 0.6) is 0 Å². The maximum absolute atomic E-state index is 16.8. The second kappa shape index (κ2) is 33.4. The minimum absolute atomic E-state index is 0.0216. The van der Waals surface area contributed by atoms with Crippen LogP contribution in [-0.4, -0.2) is 218 Å². The highest BCUT2D eigenvalue weighted by Gasteiger charge is 2.95. The number of hydroxylamine groups is 1. The number of amides is 1. The highest BCUT2D eigenvalue weighted by atomic mass is 19.5. The summed E-state index contributed by atoms with van der Waals surface area (Å²) < 4.78 is 1010. The zero-order valence-electron chi connectivity index (χ0n) is 55.6. The standard InChI is InChI=1S/C43H11BF70N2O13/c45-10(22(59,60)61,119-36(99,100)14(51,26(71,72)73)123-40(107,108)18(55,30(83,84)85)127-42(111,112)20(57,32(89,90)91)125-38(103,104)16(53,28(77,78)79)121-34(95,96)12(47,48)24(65,66)67)6-2-1-3-7(9(6)44(118)129-116-8(117)4-5-115)11(46,23(62,63)64)120-37(101,102)15(52,27(74,75)76)124-41(109,110)19(56,31(86,87)88)128-43(113,114)21(58,33(92,93)94)126-39(105,106)17(54,29(80,81)82)122-35(97,98)13(49,50)25(68,69)70/h1-3,118H,4-5,115H2,(H,116,117). The van der Waals surface area contributed by atoms with Gasteiger partial charge in [0, 0.05) is 29.6 Å². The Kier molecular flexibility index (Phi) is 31.2. The summed E-state index contributed by atoms with van der Waals surface area (Å²) in [5.74, 6) is -119. The van der Waals surface area contributed by atoms with Gasteiger partial charge in [-0.3, -0.25) is 56.9 Å². The van der Waals surface area contributed by atoms with Crippen molar-refractivity contribution in [3.8, 4) is 0 Å². The second-order valence-corrected chi connectivity index (χ2v) is 22.6. The molecule has 86 heteroatoms. The number of carbonyl (C=O) groups excluding carboxylic acids is 1. The zero-order valence-corrected chi connectivity index (χ0v) is 55.6. The van der Waals surface area contributed by atoms with Crippen LogP contribution < -0.4 is 16.7 Å². The predicted octanol–water partition coefficient (Wildman–Crippen LogP) is 20.5. The summed E-state index contributed by atoms with van der Waals surface area (Å²) in [4.78, 5) is 11.9. The number of hydrogen-bond acceptors (Lipinski definition) is 14. The summed E-state index contributed by atoms with van der Waals surface area (Å²) >= 11 is 0. The molecule has 10 unspecified atom stereocenters. The monoisotopic (exact) mass is 2100 g/mol. The summed E-state index contributed by atoms with van der Waals surface area (Å²) in [7, 11) is -5.81. The van der Waals surface area contributed by atoms with Gasteiger partial charge < -0.3 is 10.8 Å². The number of benzene rings is 1. The van der Waals surface area contributed by atoms with Gasteiger partial charge in [0.05, 0.1) is 0 Å². The van der Waals surface area contributed by atoms with Crippen molar-refractivity contribution in [3.63, 3.8) is 0 Å². The number of nitrogens with two attached hydrogens (primary N) is 1. The number of rotatable bonds is 37. The third-order valence-electron chi connectivity index (χ3n) is 13.5. The van der Waals surface area contributed by atoms with Crippen LogP contribution in [0.25, 0.3) is 0 Å². The molecule has 0 spiro atoms. The number of nitrogens with one attached hydrogen (secondary N) is 1. The van der Waals surface area contributed by atoms with Crippen LogP contribution in [0.1, 0.15) is 17.5 Å². The molecule has 1 amide bonds. The Labute approximate surface area is 647 Å². The van der Waals surface area contributed by atoms with E-state index in [1.165, 1.54) is 9.47 Å². The average Bonchev–Trinajstić information content (AvgIpc) is 0.265. The van der Waals surface area contributed by atoms with Gasteiger partial charge in [-0.2, -0.15) is 307 Å². The van der Waals surface area contributed by atoms with Crippen molar-refractivity contribution < 1.29 is 369 Å². The molecule has 0 saturated carbocycles. The molecule has 1 rings (SSSR count). The van der Waals surface area contributed by atoms with E-state index in [4.69, 9.17) is 0 Å². The van der Waals surface area contributed by atoms with Crippen molar-refractivity contribution in [1.29, 1.82) is 0 Å². The molecule has 0 radical (unpaired) electrons. The first-order valence-electron chi connectivity index (χ1n) is 27.8. The molecule has 0 aliphatic rings. The Morgan fingerprint density at radius 3 is 0.543 bits per heavy atom. The summed E-state index contributed by atoms with van der Waals surface area (Å²) in [5, 5.41) is 10.4. The summed E-state index contributed by atoms with van der Waals surface area (Å²) in [6, 6.07) is -6.41. The van der Waals surface area contributed by atoms with E-state index in [0.29, 0.717) is 37.9 Å². The molecule has 0 heterocycles. The maximum atomic E-state index is 16.8. The molecule has 4 N–H and O–H groups in total. The molecular formula is C43H11BF70N2O13. The van der Waals surface area contributed by atoms with Gasteiger partial charge in [0.1, 0.15) is 0 Å². The van der Waals surface area contributed by atoms with Crippen molar-refractivity contribution in [1.82, 2.24) is 5.48 Å². The first-order valence-corrected chi connectivity index (χ1v) is 27.8. The van der Waals surface area contributed by atoms with Gasteiger partial charge in [0.25, 0.3) is 0 Å². The van der Waals surface area contributed by atoms with Crippen LogP contribution in [0.4, 0.5) is 307 Å². The van der Waals surface area contributed by atoms with Crippen LogP contribution >= 0.6 is 0 Å². The fourth-order valence-corrected chi connectivity index (χ4v) is 7.29. The van der Waals surface area contributed by atoms with E-state index in [1.807, 2.05) is 0 Å². The van der Waals surface area contributed by atoms with Gasteiger partial charge in [-0.25, -0.2) is 5.48 Å². The Morgan fingerprint density at radius 2 is 0.403 bits per heavy atom. The van der Waals surface area contributed by atoms with E-state index in [1.54, 1.807) is 0 Å². The number of halogens is 70. The minimum atomic E-state index is -10.3. The van der Waals surface area contributed by atoms with Gasteiger partial charge in [0.15, 0.2) is 0 Å². The fourth-order valence-electron chi connectivity index (χ4n) is 7.29. The van der Waals surface area contributed by atoms with Crippen molar-refractivity contribution in [3.05, 3.63) is 29.3 Å². The van der Waals surface area contributed by atoms with Gasteiger partial charge >= 0.3 is 213 Å². The van der Waals surface area contributed by atoms with E-state index in [2.05, 4.69) is 10.5 Å². The molecule has 0 fully saturated rings. The largest absolute Gasteiger partial charge is 0.515 e. The average molecular weight is 2100 g/mol. The molecule has 129 heavy (non-hydrogen) atoms. The Hall–Kier alpha value is -6.67. The molecule has 0 aliphatic heterocycles. The fraction of sp³-hybridized carbons (Fsp3) is 0.837. The molecule has 0 saturated heterocycles. The van der Waals surface area contributed by atoms with Gasteiger partial charge in [-0.05, 0) is 0 Å². The minimum Gasteiger partial charge on any atom is -0.422 e. The summed E-state index contributed by atoms with van der Waals surface area (Å²) in [6.45, 7) is -1.53. The Bertz CT molecular complexity index is 3790. The normalized spacial score (nSPS) is 20.2. The predicted molar refractivity (Wildman–Crippen MR) is 236 cm³/mol. The SMILES string of the molecule is NCCC(=O)NOB(O)c1c(C(F)(OC(F)(F)C(F)(OC(F)(F)C(F)(OC(F)(F)C(F)(OC(F)(F)C(F)(OC(F)(F)C(F)(F)C(F)(F)F)C(F)(F)F)C(F)(F)F)C(F)(F)F)C(F)(F)F)C(F)(F)F)cccc1C(F)(OC(F)(F)C(F)(OC(F)(F)C(F)(OC(F)(F)C(F)(OC(F)(F)C(F)(OC(F)(F)C(F)(F)C(F)(F)F)C(F)(F)F)C(F)(F)F)C(F)(F)F)C(F)(F)F)C(F)(F)F. The quantitative estimate of drug-likeness (QED) is 0.0326. The Morgan fingerprint density at radius 1 is 0.248 bits per heavy atom. The second-order valence-electron chi connectivity index (χ2n) is 22.6. The van der Waals surface area contributed by atoms with Crippen molar-refractivity contribution in [2.24, 2.45) is 5.73 Å². The van der Waals surface area contributed by atoms with E-state index < -0.39 is 266 Å². The lowest BCUT2D eigenvalue weighted by Gasteiger charge is -2.45. The molecule has 15 nitrogen and oxygen atoms in total. The highest BCUT2D eigenvalue weighted by Crippen LogP contribution is 2.68. The molecule has 10 atom stereocenters. The van der Waals surface area contributed by atoms with Crippen LogP contribution in [0.15, 0.2) is 18.2 Å². The van der Waals surface area contributed by atoms with E-state index in [0.717, 1.165) is 0 Å². The first kappa shape index (κ1) is 120.